The minimum Gasteiger partial charge on any atom is -0.282 e. The van der Waals surface area contributed by atoms with Gasteiger partial charge in [-0.1, -0.05) is 23.7 Å². The third kappa shape index (κ3) is 2.78. The quantitative estimate of drug-likeness (QED) is 0.488. The van der Waals surface area contributed by atoms with E-state index < -0.39 is 4.92 Å². The Morgan fingerprint density at radius 2 is 2.00 bits per heavy atom. The summed E-state index contributed by atoms with van der Waals surface area (Å²) >= 11 is 6.04. The van der Waals surface area contributed by atoms with Crippen LogP contribution in [0.15, 0.2) is 42.5 Å². The molecule has 0 aliphatic rings. The number of nitrogens with zero attached hydrogens (tertiary/aromatic N) is 2. The summed E-state index contributed by atoms with van der Waals surface area (Å²) in [5.74, 6) is 0. The fraction of sp³-hybridized carbons (Fsp3) is 0.0714. The Bertz CT molecular complexity index is 673. The number of hydrogen-bond acceptors (Lipinski definition) is 3. The number of halogens is 1. The highest BCUT2D eigenvalue weighted by Crippen LogP contribution is 2.34. The van der Waals surface area contributed by atoms with Crippen molar-refractivity contribution in [2.24, 2.45) is 0 Å². The molecule has 2 aromatic rings. The van der Waals surface area contributed by atoms with Crippen molar-refractivity contribution >= 4 is 35.1 Å². The van der Waals surface area contributed by atoms with E-state index >= 15 is 0 Å². The normalized spacial score (nSPS) is 10.1. The van der Waals surface area contributed by atoms with E-state index in [-0.39, 0.29) is 16.4 Å². The predicted molar refractivity (Wildman–Crippen MR) is 77.5 cm³/mol. The van der Waals surface area contributed by atoms with Gasteiger partial charge >= 0.3 is 0 Å². The van der Waals surface area contributed by atoms with Crippen LogP contribution in [0.1, 0.15) is 5.56 Å². The molecule has 2 rings (SSSR count). The molecule has 0 atom stereocenters. The van der Waals surface area contributed by atoms with Crippen LogP contribution in [0.3, 0.4) is 0 Å². The zero-order chi connectivity index (χ0) is 14.7. The second-order valence-corrected chi connectivity index (χ2v) is 4.61. The van der Waals surface area contributed by atoms with E-state index in [1.54, 1.807) is 18.2 Å². The number of anilines is 2. The van der Waals surface area contributed by atoms with E-state index in [1.165, 1.54) is 23.1 Å². The molecule has 0 bridgehead atoms. The van der Waals surface area contributed by atoms with E-state index in [2.05, 4.69) is 0 Å². The van der Waals surface area contributed by atoms with Gasteiger partial charge < -0.3 is 0 Å². The lowest BCUT2D eigenvalue weighted by atomic mass is 10.2. The van der Waals surface area contributed by atoms with E-state index in [0.29, 0.717) is 12.1 Å². The molecule has 0 saturated heterocycles. The lowest BCUT2D eigenvalue weighted by Crippen LogP contribution is -2.14. The largest absolute Gasteiger partial charge is 0.282 e. The van der Waals surface area contributed by atoms with Gasteiger partial charge in [-0.2, -0.15) is 0 Å². The van der Waals surface area contributed by atoms with Gasteiger partial charge in [-0.3, -0.25) is 19.8 Å². The first-order valence-corrected chi connectivity index (χ1v) is 6.16. The molecule has 0 heterocycles. The maximum Gasteiger partial charge on any atom is 0.271 e. The molecule has 6 heteroatoms. The number of hydrogen-bond donors (Lipinski definition) is 0. The number of non-ortho nitro benzene ring substituents is 1. The molecule has 0 aliphatic heterocycles. The molecule has 0 radical (unpaired) electrons. The van der Waals surface area contributed by atoms with Crippen molar-refractivity contribution in [3.8, 4) is 0 Å². The van der Waals surface area contributed by atoms with Gasteiger partial charge in [-0.15, -0.1) is 0 Å². The van der Waals surface area contributed by atoms with Crippen LogP contribution in [0.5, 0.6) is 0 Å². The van der Waals surface area contributed by atoms with Gasteiger partial charge in [0.2, 0.25) is 6.41 Å². The molecule has 1 amide bonds. The zero-order valence-electron chi connectivity index (χ0n) is 10.6. The van der Waals surface area contributed by atoms with Gasteiger partial charge in [0.15, 0.2) is 0 Å². The van der Waals surface area contributed by atoms with Gasteiger partial charge in [0, 0.05) is 17.8 Å². The van der Waals surface area contributed by atoms with Gasteiger partial charge in [-0.25, -0.2) is 0 Å². The van der Waals surface area contributed by atoms with Crippen molar-refractivity contribution in [2.75, 3.05) is 4.90 Å². The summed E-state index contributed by atoms with van der Waals surface area (Å²) in [4.78, 5) is 22.9. The molecule has 5 nitrogen and oxygen atoms in total. The fourth-order valence-corrected chi connectivity index (χ4v) is 2.04. The fourth-order valence-electron chi connectivity index (χ4n) is 1.83. The van der Waals surface area contributed by atoms with E-state index in [9.17, 15) is 14.9 Å². The average Bonchev–Trinajstić information content (AvgIpc) is 2.41. The van der Waals surface area contributed by atoms with Gasteiger partial charge in [0.1, 0.15) is 0 Å². The molecular weight excluding hydrogens is 280 g/mol. The first-order chi connectivity index (χ1) is 9.52. The van der Waals surface area contributed by atoms with Crippen molar-refractivity contribution in [3.63, 3.8) is 0 Å². The van der Waals surface area contributed by atoms with E-state index in [0.717, 1.165) is 5.56 Å². The van der Waals surface area contributed by atoms with Crippen LogP contribution in [0.4, 0.5) is 17.1 Å². The molecule has 0 N–H and O–H groups in total. The molecule has 0 aromatic heterocycles. The van der Waals surface area contributed by atoms with Gasteiger partial charge in [0.05, 0.1) is 15.6 Å². The van der Waals surface area contributed by atoms with E-state index in [1.807, 2.05) is 13.0 Å². The Hall–Kier alpha value is -2.40. The SMILES string of the molecule is Cc1cccc(N(C=O)c2cc([N+](=O)[O-])ccc2Cl)c1. The monoisotopic (exact) mass is 290 g/mol. The van der Waals surface area contributed by atoms with Crippen molar-refractivity contribution in [3.05, 3.63) is 63.2 Å². The molecule has 0 spiro atoms. The smallest absolute Gasteiger partial charge is 0.271 e. The maximum absolute atomic E-state index is 11.3. The Kier molecular flexibility index (Phi) is 4.00. The van der Waals surface area contributed by atoms with Crippen LogP contribution in [0.25, 0.3) is 0 Å². The second kappa shape index (κ2) is 5.71. The molecule has 102 valence electrons. The summed E-state index contributed by atoms with van der Waals surface area (Å²) in [6, 6.07) is 11.2. The zero-order valence-corrected chi connectivity index (χ0v) is 11.4. The van der Waals surface area contributed by atoms with Crippen LogP contribution in [0.2, 0.25) is 5.02 Å². The first kappa shape index (κ1) is 14.0. The summed E-state index contributed by atoms with van der Waals surface area (Å²) in [5.41, 5.74) is 1.73. The summed E-state index contributed by atoms with van der Waals surface area (Å²) in [7, 11) is 0. The molecular formula is C14H11ClN2O3. The number of nitro benzene ring substituents is 1. The second-order valence-electron chi connectivity index (χ2n) is 4.21. The third-order valence-corrected chi connectivity index (χ3v) is 3.10. The van der Waals surface area contributed by atoms with Crippen LogP contribution < -0.4 is 4.90 Å². The van der Waals surface area contributed by atoms with Crippen LogP contribution in [-0.4, -0.2) is 11.3 Å². The third-order valence-electron chi connectivity index (χ3n) is 2.79. The molecule has 2 aromatic carbocycles. The van der Waals surface area contributed by atoms with Gasteiger partial charge in [-0.05, 0) is 30.7 Å². The Morgan fingerprint density at radius 1 is 1.25 bits per heavy atom. The highest BCUT2D eigenvalue weighted by molar-refractivity contribution is 6.34. The lowest BCUT2D eigenvalue weighted by molar-refractivity contribution is -0.384. The van der Waals surface area contributed by atoms with Gasteiger partial charge in [0.25, 0.3) is 5.69 Å². The van der Waals surface area contributed by atoms with E-state index in [4.69, 9.17) is 11.6 Å². The number of amides is 1. The van der Waals surface area contributed by atoms with Crippen LogP contribution >= 0.6 is 11.6 Å². The van der Waals surface area contributed by atoms with Crippen molar-refractivity contribution in [2.45, 2.75) is 6.92 Å². The number of carbonyl (C=O) groups is 1. The summed E-state index contributed by atoms with van der Waals surface area (Å²) in [6.07, 6.45) is 0.583. The molecule has 0 aliphatic carbocycles. The standard InChI is InChI=1S/C14H11ClN2O3/c1-10-3-2-4-11(7-10)16(9-18)14-8-12(17(19)20)5-6-13(14)15/h2-9H,1H3. The molecule has 20 heavy (non-hydrogen) atoms. The van der Waals surface area contributed by atoms with Crippen LogP contribution in [0, 0.1) is 17.0 Å². The number of benzene rings is 2. The molecule has 0 fully saturated rings. The summed E-state index contributed by atoms with van der Waals surface area (Å²) < 4.78 is 0. The minimum atomic E-state index is -0.529. The van der Waals surface area contributed by atoms with Crippen molar-refractivity contribution in [1.29, 1.82) is 0 Å². The summed E-state index contributed by atoms with van der Waals surface area (Å²) in [5, 5.41) is 11.1. The topological polar surface area (TPSA) is 63.5 Å². The predicted octanol–water partition coefficient (Wildman–Crippen LogP) is 3.85. The highest BCUT2D eigenvalue weighted by atomic mass is 35.5. The number of aryl methyl sites for hydroxylation is 1. The first-order valence-electron chi connectivity index (χ1n) is 5.78. The van der Waals surface area contributed by atoms with Crippen molar-refractivity contribution in [1.82, 2.24) is 0 Å². The molecule has 0 saturated carbocycles. The molecule has 0 unspecified atom stereocenters. The Balaban J connectivity index is 2.54. The maximum atomic E-state index is 11.3. The number of nitro groups is 1. The Morgan fingerprint density at radius 3 is 2.60 bits per heavy atom. The summed E-state index contributed by atoms with van der Waals surface area (Å²) in [6.45, 7) is 1.89. The highest BCUT2D eigenvalue weighted by Gasteiger charge is 2.16. The Labute approximate surface area is 120 Å². The number of rotatable bonds is 4. The average molecular weight is 291 g/mol. The number of carbonyl (C=O) groups excluding carboxylic acids is 1. The lowest BCUT2D eigenvalue weighted by Gasteiger charge is -2.19. The van der Waals surface area contributed by atoms with Crippen molar-refractivity contribution < 1.29 is 9.72 Å². The van der Waals surface area contributed by atoms with Crippen LogP contribution in [-0.2, 0) is 4.79 Å². The minimum absolute atomic E-state index is 0.121.